The summed E-state index contributed by atoms with van der Waals surface area (Å²) in [5.41, 5.74) is 4.14. The molecule has 0 saturated heterocycles. The Hall–Kier alpha value is -3.58. The lowest BCUT2D eigenvalue weighted by atomic mass is 10.1. The monoisotopic (exact) mass is 458 g/mol. The second-order valence-corrected chi connectivity index (χ2v) is 8.57. The Morgan fingerprint density at radius 3 is 2.48 bits per heavy atom. The molecule has 0 aliphatic heterocycles. The molecule has 0 aliphatic carbocycles. The Morgan fingerprint density at radius 1 is 0.970 bits per heavy atom. The second-order valence-electron chi connectivity index (χ2n) is 7.62. The van der Waals surface area contributed by atoms with Gasteiger partial charge in [0.1, 0.15) is 11.6 Å². The van der Waals surface area contributed by atoms with Crippen LogP contribution in [0.3, 0.4) is 0 Å². The molecule has 33 heavy (non-hydrogen) atoms. The lowest BCUT2D eigenvalue weighted by Crippen LogP contribution is -2.14. The predicted octanol–water partition coefficient (Wildman–Crippen LogP) is 5.10. The maximum absolute atomic E-state index is 12.5. The van der Waals surface area contributed by atoms with Gasteiger partial charge in [-0.05, 0) is 60.9 Å². The highest BCUT2D eigenvalue weighted by Crippen LogP contribution is 2.24. The fourth-order valence-electron chi connectivity index (χ4n) is 3.48. The van der Waals surface area contributed by atoms with E-state index in [1.807, 2.05) is 54.6 Å². The number of carbonyl (C=O) groups is 1. The number of carbonyl (C=O) groups excluding carboxylic acids is 1. The first-order valence-electron chi connectivity index (χ1n) is 10.7. The predicted molar refractivity (Wildman–Crippen MR) is 132 cm³/mol. The number of nitrogens with one attached hydrogen (secondary N) is 1. The van der Waals surface area contributed by atoms with Crippen molar-refractivity contribution in [3.8, 4) is 11.4 Å². The summed E-state index contributed by atoms with van der Waals surface area (Å²) in [7, 11) is 1.61. The molecule has 0 atom stereocenters. The quantitative estimate of drug-likeness (QED) is 0.354. The molecule has 0 fully saturated rings. The van der Waals surface area contributed by atoms with Crippen molar-refractivity contribution in [2.45, 2.75) is 24.9 Å². The Morgan fingerprint density at radius 2 is 1.76 bits per heavy atom. The minimum atomic E-state index is -0.102. The fraction of sp³-hybridized carbons (Fsp3) is 0.192. The summed E-state index contributed by atoms with van der Waals surface area (Å²) in [5, 5.41) is 12.5. The van der Waals surface area contributed by atoms with Gasteiger partial charge in [0, 0.05) is 17.8 Å². The van der Waals surface area contributed by atoms with Gasteiger partial charge in [0.2, 0.25) is 5.91 Å². The van der Waals surface area contributed by atoms with E-state index in [0.717, 1.165) is 41.4 Å². The van der Waals surface area contributed by atoms with Gasteiger partial charge in [-0.2, -0.15) is 0 Å². The maximum Gasteiger partial charge on any atom is 0.234 e. The van der Waals surface area contributed by atoms with Gasteiger partial charge >= 0.3 is 0 Å². The number of nitrogens with zero attached hydrogens (tertiary/aromatic N) is 3. The summed E-state index contributed by atoms with van der Waals surface area (Å²) in [6.45, 7) is 2.06. The van der Waals surface area contributed by atoms with E-state index < -0.39 is 0 Å². The van der Waals surface area contributed by atoms with E-state index in [-0.39, 0.29) is 11.7 Å². The highest BCUT2D eigenvalue weighted by Gasteiger charge is 2.16. The first-order valence-corrected chi connectivity index (χ1v) is 11.7. The van der Waals surface area contributed by atoms with Crippen molar-refractivity contribution in [2.24, 2.45) is 0 Å². The summed E-state index contributed by atoms with van der Waals surface area (Å²) in [6, 6.07) is 25.9. The number of benzene rings is 3. The average Bonchev–Trinajstić information content (AvgIpc) is 3.25. The Labute approximate surface area is 198 Å². The van der Waals surface area contributed by atoms with Crippen molar-refractivity contribution >= 4 is 23.4 Å². The molecule has 168 valence electrons. The number of hydrogen-bond donors (Lipinski definition) is 1. The minimum absolute atomic E-state index is 0.102. The van der Waals surface area contributed by atoms with E-state index in [2.05, 4.69) is 51.3 Å². The van der Waals surface area contributed by atoms with Crippen molar-refractivity contribution in [3.05, 3.63) is 95.8 Å². The van der Waals surface area contributed by atoms with Crippen LogP contribution in [0, 0.1) is 6.92 Å². The van der Waals surface area contributed by atoms with Gasteiger partial charge < -0.3 is 10.1 Å². The molecule has 4 rings (SSSR count). The Kier molecular flexibility index (Phi) is 7.42. The number of methoxy groups -OCH3 is 1. The molecule has 1 aromatic heterocycles. The number of hydrogen-bond acceptors (Lipinski definition) is 5. The molecule has 4 aromatic rings. The number of rotatable bonds is 9. The van der Waals surface area contributed by atoms with Crippen LogP contribution in [0.2, 0.25) is 0 Å². The van der Waals surface area contributed by atoms with Crippen LogP contribution in [-0.4, -0.2) is 33.5 Å². The van der Waals surface area contributed by atoms with Crippen LogP contribution in [0.25, 0.3) is 5.69 Å². The molecule has 0 saturated carbocycles. The number of aryl methyl sites for hydroxylation is 3. The Balaban J connectivity index is 1.49. The normalized spacial score (nSPS) is 10.7. The summed E-state index contributed by atoms with van der Waals surface area (Å²) in [5.74, 6) is 1.75. The van der Waals surface area contributed by atoms with E-state index in [9.17, 15) is 4.79 Å². The topological polar surface area (TPSA) is 69.0 Å². The van der Waals surface area contributed by atoms with Crippen molar-refractivity contribution in [3.63, 3.8) is 0 Å². The van der Waals surface area contributed by atoms with Crippen LogP contribution in [0.4, 0.5) is 5.69 Å². The zero-order valence-electron chi connectivity index (χ0n) is 18.7. The van der Waals surface area contributed by atoms with Gasteiger partial charge in [0.05, 0.1) is 12.9 Å². The van der Waals surface area contributed by atoms with Crippen LogP contribution < -0.4 is 10.1 Å². The zero-order chi connectivity index (χ0) is 23.0. The molecule has 0 spiro atoms. The van der Waals surface area contributed by atoms with E-state index in [1.165, 1.54) is 17.3 Å². The fourth-order valence-corrected chi connectivity index (χ4v) is 4.26. The van der Waals surface area contributed by atoms with Gasteiger partial charge in [-0.1, -0.05) is 54.2 Å². The molecule has 0 unspecified atom stereocenters. The number of thioether (sulfide) groups is 1. The van der Waals surface area contributed by atoms with Gasteiger partial charge in [-0.15, -0.1) is 10.2 Å². The summed E-state index contributed by atoms with van der Waals surface area (Å²) in [4.78, 5) is 12.5. The lowest BCUT2D eigenvalue weighted by molar-refractivity contribution is -0.113. The van der Waals surface area contributed by atoms with E-state index >= 15 is 0 Å². The summed E-state index contributed by atoms with van der Waals surface area (Å²) < 4.78 is 7.22. The van der Waals surface area contributed by atoms with Crippen LogP contribution in [-0.2, 0) is 17.6 Å². The van der Waals surface area contributed by atoms with E-state index in [4.69, 9.17) is 4.74 Å². The SMILES string of the molecule is COc1ccc(NC(=O)CSc2nnc(CCc3ccccc3)n2-c2cccc(C)c2)cc1. The van der Waals surface area contributed by atoms with Crippen LogP contribution in [0.5, 0.6) is 5.75 Å². The molecule has 0 radical (unpaired) electrons. The van der Waals surface area contributed by atoms with Crippen LogP contribution >= 0.6 is 11.8 Å². The molecule has 6 nitrogen and oxygen atoms in total. The molecule has 7 heteroatoms. The van der Waals surface area contributed by atoms with Gasteiger partial charge in [0.15, 0.2) is 5.16 Å². The number of amides is 1. The highest BCUT2D eigenvalue weighted by molar-refractivity contribution is 7.99. The lowest BCUT2D eigenvalue weighted by Gasteiger charge is -2.11. The number of anilines is 1. The minimum Gasteiger partial charge on any atom is -0.497 e. The van der Waals surface area contributed by atoms with Crippen molar-refractivity contribution in [1.82, 2.24) is 14.8 Å². The van der Waals surface area contributed by atoms with Crippen LogP contribution in [0.1, 0.15) is 17.0 Å². The van der Waals surface area contributed by atoms with Crippen molar-refractivity contribution in [2.75, 3.05) is 18.2 Å². The second kappa shape index (κ2) is 10.8. The first-order chi connectivity index (χ1) is 16.1. The molecule has 1 N–H and O–H groups in total. The van der Waals surface area contributed by atoms with Gasteiger partial charge in [-0.3, -0.25) is 9.36 Å². The molecule has 0 bridgehead atoms. The largest absolute Gasteiger partial charge is 0.497 e. The molecule has 1 heterocycles. The smallest absolute Gasteiger partial charge is 0.234 e. The van der Waals surface area contributed by atoms with E-state index in [0.29, 0.717) is 5.16 Å². The molecule has 3 aromatic carbocycles. The summed E-state index contributed by atoms with van der Waals surface area (Å²) in [6.07, 6.45) is 1.62. The zero-order valence-corrected chi connectivity index (χ0v) is 19.5. The van der Waals surface area contributed by atoms with Crippen molar-refractivity contribution < 1.29 is 9.53 Å². The van der Waals surface area contributed by atoms with Crippen LogP contribution in [0.15, 0.2) is 84.0 Å². The van der Waals surface area contributed by atoms with E-state index in [1.54, 1.807) is 7.11 Å². The summed E-state index contributed by atoms with van der Waals surface area (Å²) >= 11 is 1.38. The molecular formula is C26H26N4O2S. The molecule has 0 aliphatic rings. The van der Waals surface area contributed by atoms with Gasteiger partial charge in [-0.25, -0.2) is 0 Å². The Bertz CT molecular complexity index is 1210. The first kappa shape index (κ1) is 22.6. The van der Waals surface area contributed by atoms with Crippen molar-refractivity contribution in [1.29, 1.82) is 0 Å². The number of ether oxygens (including phenoxy) is 1. The molecular weight excluding hydrogens is 432 g/mol. The third-order valence-electron chi connectivity index (χ3n) is 5.15. The third kappa shape index (κ3) is 6.02. The average molecular weight is 459 g/mol. The third-order valence-corrected chi connectivity index (χ3v) is 6.08. The number of aromatic nitrogens is 3. The maximum atomic E-state index is 12.5. The highest BCUT2D eigenvalue weighted by atomic mass is 32.2. The standard InChI is InChI=1S/C26H26N4O2S/c1-19-7-6-10-22(17-19)30-24(16-11-20-8-4-3-5-9-20)28-29-26(30)33-18-25(31)27-21-12-14-23(32-2)15-13-21/h3-10,12-15,17H,11,16,18H2,1-2H3,(H,27,31). The molecule has 1 amide bonds. The van der Waals surface area contributed by atoms with Gasteiger partial charge in [0.25, 0.3) is 0 Å².